The monoisotopic (exact) mass is 387 g/mol. The lowest BCUT2D eigenvalue weighted by Crippen LogP contribution is -2.40. The number of benzene rings is 1. The third-order valence-electron chi connectivity index (χ3n) is 3.89. The molecular formula is C16H26IN3. The van der Waals surface area contributed by atoms with Crippen molar-refractivity contribution in [3.63, 3.8) is 0 Å². The second-order valence-electron chi connectivity index (χ2n) is 6.16. The van der Waals surface area contributed by atoms with Gasteiger partial charge >= 0.3 is 0 Å². The van der Waals surface area contributed by atoms with Gasteiger partial charge in [-0.2, -0.15) is 0 Å². The second-order valence-corrected chi connectivity index (χ2v) is 6.16. The maximum atomic E-state index is 4.41. The number of nitrogens with zero attached hydrogens (tertiary/aromatic N) is 2. The van der Waals surface area contributed by atoms with Gasteiger partial charge in [-0.1, -0.05) is 38.1 Å². The largest absolute Gasteiger partial charge is 0.352 e. The first kappa shape index (κ1) is 17.3. The molecule has 1 fully saturated rings. The molecule has 20 heavy (non-hydrogen) atoms. The topological polar surface area (TPSA) is 27.6 Å². The maximum Gasteiger partial charge on any atom is 0.193 e. The number of likely N-dealkylation sites (tertiary alicyclic amines) is 1. The van der Waals surface area contributed by atoms with Gasteiger partial charge in [-0.05, 0) is 29.9 Å². The summed E-state index contributed by atoms with van der Waals surface area (Å²) >= 11 is 0. The first-order chi connectivity index (χ1) is 9.02. The van der Waals surface area contributed by atoms with Crippen LogP contribution in [0.5, 0.6) is 0 Å². The SMILES string of the molecule is CN=C(NCc1ccccc1C)N1CCC(C)(C)C1.I. The highest BCUT2D eigenvalue weighted by molar-refractivity contribution is 14.0. The molecule has 3 nitrogen and oxygen atoms in total. The smallest absolute Gasteiger partial charge is 0.193 e. The molecular weight excluding hydrogens is 361 g/mol. The zero-order chi connectivity index (χ0) is 13.9. The van der Waals surface area contributed by atoms with Gasteiger partial charge < -0.3 is 10.2 Å². The van der Waals surface area contributed by atoms with Crippen LogP contribution in [0.15, 0.2) is 29.3 Å². The lowest BCUT2D eigenvalue weighted by Gasteiger charge is -2.24. The quantitative estimate of drug-likeness (QED) is 0.479. The molecule has 0 aliphatic carbocycles. The Kier molecular flexibility index (Phi) is 6.30. The van der Waals surface area contributed by atoms with Gasteiger partial charge in [-0.25, -0.2) is 0 Å². The van der Waals surface area contributed by atoms with Crippen LogP contribution in [0.1, 0.15) is 31.4 Å². The molecule has 0 atom stereocenters. The molecule has 0 aromatic heterocycles. The first-order valence-corrected chi connectivity index (χ1v) is 7.02. The number of guanidine groups is 1. The summed E-state index contributed by atoms with van der Waals surface area (Å²) in [5.74, 6) is 1.02. The predicted octanol–water partition coefficient (Wildman–Crippen LogP) is 3.42. The summed E-state index contributed by atoms with van der Waals surface area (Å²) in [6.07, 6.45) is 1.23. The van der Waals surface area contributed by atoms with Gasteiger partial charge in [-0.3, -0.25) is 4.99 Å². The lowest BCUT2D eigenvalue weighted by molar-refractivity contribution is 0.370. The van der Waals surface area contributed by atoms with Crippen LogP contribution >= 0.6 is 24.0 Å². The summed E-state index contributed by atoms with van der Waals surface area (Å²) in [5.41, 5.74) is 3.06. The van der Waals surface area contributed by atoms with Crippen LogP contribution < -0.4 is 5.32 Å². The predicted molar refractivity (Wildman–Crippen MR) is 96.8 cm³/mol. The van der Waals surface area contributed by atoms with Crippen molar-refractivity contribution in [1.82, 2.24) is 10.2 Å². The van der Waals surface area contributed by atoms with Gasteiger partial charge in [0.1, 0.15) is 0 Å². The highest BCUT2D eigenvalue weighted by Crippen LogP contribution is 2.28. The zero-order valence-electron chi connectivity index (χ0n) is 12.9. The fraction of sp³-hybridized carbons (Fsp3) is 0.562. The van der Waals surface area contributed by atoms with E-state index in [4.69, 9.17) is 0 Å². The van der Waals surface area contributed by atoms with E-state index in [0.717, 1.165) is 25.6 Å². The number of hydrogen-bond donors (Lipinski definition) is 1. The van der Waals surface area contributed by atoms with E-state index in [2.05, 4.69) is 60.2 Å². The Morgan fingerprint density at radius 1 is 1.35 bits per heavy atom. The molecule has 4 heteroatoms. The van der Waals surface area contributed by atoms with E-state index in [1.54, 1.807) is 0 Å². The summed E-state index contributed by atoms with van der Waals surface area (Å²) in [4.78, 5) is 6.77. The third-order valence-corrected chi connectivity index (χ3v) is 3.89. The molecule has 0 saturated carbocycles. The van der Waals surface area contributed by atoms with Crippen molar-refractivity contribution >= 4 is 29.9 Å². The van der Waals surface area contributed by atoms with Crippen LogP contribution in [-0.2, 0) is 6.54 Å². The Labute approximate surface area is 139 Å². The maximum absolute atomic E-state index is 4.41. The van der Waals surface area contributed by atoms with Gasteiger partial charge in [0, 0.05) is 26.7 Å². The average molecular weight is 387 g/mol. The molecule has 1 aromatic carbocycles. The minimum atomic E-state index is 0. The summed E-state index contributed by atoms with van der Waals surface area (Å²) in [5, 5.41) is 3.48. The van der Waals surface area contributed by atoms with Gasteiger partial charge in [0.2, 0.25) is 0 Å². The van der Waals surface area contributed by atoms with Crippen LogP contribution in [0.4, 0.5) is 0 Å². The number of aryl methyl sites for hydroxylation is 1. The Morgan fingerprint density at radius 3 is 2.60 bits per heavy atom. The van der Waals surface area contributed by atoms with Gasteiger partial charge in [-0.15, -0.1) is 24.0 Å². The molecule has 1 heterocycles. The van der Waals surface area contributed by atoms with Crippen LogP contribution in [0.3, 0.4) is 0 Å². The Bertz CT molecular complexity index is 469. The van der Waals surface area contributed by atoms with E-state index in [0.29, 0.717) is 5.41 Å². The van der Waals surface area contributed by atoms with Crippen molar-refractivity contribution in [2.24, 2.45) is 10.4 Å². The molecule has 1 aromatic rings. The van der Waals surface area contributed by atoms with Crippen molar-refractivity contribution in [2.75, 3.05) is 20.1 Å². The molecule has 0 spiro atoms. The fourth-order valence-corrected chi connectivity index (χ4v) is 2.61. The molecule has 0 radical (unpaired) electrons. The molecule has 0 amide bonds. The molecule has 1 N–H and O–H groups in total. The normalized spacial score (nSPS) is 17.8. The van der Waals surface area contributed by atoms with Crippen LogP contribution in [0.25, 0.3) is 0 Å². The summed E-state index contributed by atoms with van der Waals surface area (Å²) in [6, 6.07) is 8.49. The number of halogens is 1. The molecule has 1 aliphatic heterocycles. The minimum Gasteiger partial charge on any atom is -0.352 e. The van der Waals surface area contributed by atoms with Crippen LogP contribution in [-0.4, -0.2) is 31.0 Å². The molecule has 0 unspecified atom stereocenters. The number of hydrogen-bond acceptors (Lipinski definition) is 1. The summed E-state index contributed by atoms with van der Waals surface area (Å²) in [7, 11) is 1.87. The zero-order valence-corrected chi connectivity index (χ0v) is 15.3. The molecule has 1 aliphatic rings. The third kappa shape index (κ3) is 4.36. The van der Waals surface area contributed by atoms with Gasteiger partial charge in [0.15, 0.2) is 5.96 Å². The standard InChI is InChI=1S/C16H25N3.HI/c1-13-7-5-6-8-14(13)11-18-15(17-4)19-10-9-16(2,3)12-19;/h5-8H,9-12H2,1-4H3,(H,17,18);1H. The van der Waals surface area contributed by atoms with Crippen molar-refractivity contribution in [3.05, 3.63) is 35.4 Å². The van der Waals surface area contributed by atoms with Crippen molar-refractivity contribution in [1.29, 1.82) is 0 Å². The van der Waals surface area contributed by atoms with Crippen LogP contribution in [0.2, 0.25) is 0 Å². The lowest BCUT2D eigenvalue weighted by atomic mass is 9.93. The van der Waals surface area contributed by atoms with E-state index >= 15 is 0 Å². The Hall–Kier alpha value is -0.780. The molecule has 0 bridgehead atoms. The number of aliphatic imine (C=N–C) groups is 1. The van der Waals surface area contributed by atoms with Crippen molar-refractivity contribution in [2.45, 2.75) is 33.7 Å². The average Bonchev–Trinajstić information content (AvgIpc) is 2.73. The summed E-state index contributed by atoms with van der Waals surface area (Å²) in [6.45, 7) is 9.82. The number of rotatable bonds is 2. The van der Waals surface area contributed by atoms with Gasteiger partial charge in [0.25, 0.3) is 0 Å². The molecule has 1 saturated heterocycles. The minimum absolute atomic E-state index is 0. The fourth-order valence-electron chi connectivity index (χ4n) is 2.61. The van der Waals surface area contributed by atoms with Gasteiger partial charge in [0.05, 0.1) is 0 Å². The Morgan fingerprint density at radius 2 is 2.05 bits per heavy atom. The van der Waals surface area contributed by atoms with E-state index < -0.39 is 0 Å². The molecule has 112 valence electrons. The van der Waals surface area contributed by atoms with E-state index in [1.165, 1.54) is 17.5 Å². The highest BCUT2D eigenvalue weighted by Gasteiger charge is 2.30. The Balaban J connectivity index is 0.00000200. The van der Waals surface area contributed by atoms with Crippen LogP contribution in [0, 0.1) is 12.3 Å². The van der Waals surface area contributed by atoms with E-state index in [1.807, 2.05) is 7.05 Å². The second kappa shape index (κ2) is 7.29. The first-order valence-electron chi connectivity index (χ1n) is 7.02. The number of nitrogens with one attached hydrogen (secondary N) is 1. The molecule has 2 rings (SSSR count). The summed E-state index contributed by atoms with van der Waals surface area (Å²) < 4.78 is 0. The van der Waals surface area contributed by atoms with Crippen molar-refractivity contribution in [3.8, 4) is 0 Å². The highest BCUT2D eigenvalue weighted by atomic mass is 127. The van der Waals surface area contributed by atoms with E-state index in [-0.39, 0.29) is 24.0 Å². The van der Waals surface area contributed by atoms with Crippen molar-refractivity contribution < 1.29 is 0 Å². The van der Waals surface area contributed by atoms with E-state index in [9.17, 15) is 0 Å².